The van der Waals surface area contributed by atoms with E-state index < -0.39 is 6.29 Å². The van der Waals surface area contributed by atoms with E-state index in [0.717, 1.165) is 83.5 Å². The van der Waals surface area contributed by atoms with E-state index in [1.54, 1.807) is 0 Å². The molecule has 0 aromatic heterocycles. The van der Waals surface area contributed by atoms with Crippen LogP contribution in [0, 0.1) is 23.7 Å². The summed E-state index contributed by atoms with van der Waals surface area (Å²) in [5, 5.41) is 16.3. The summed E-state index contributed by atoms with van der Waals surface area (Å²) in [4.78, 5) is 15.7. The van der Waals surface area contributed by atoms with Gasteiger partial charge in [-0.3, -0.25) is 4.90 Å². The standard InChI is InChI=1S/C45H57N3O4/c1-3-19-48(40-9-4-5-10-40)28-41-30(2)42(37-13-11-31(29-49)12-14-37)52-43(51-41)38-17-15-36(16-18-38)39-8-6-7-32(23-39)27-46-44(50)47-45-24-33-20-34(25-45)22-35(21-33)26-45/h3,6-8,11-18,23,30,33-35,40-43,49H,1,4-5,9-10,19-22,24-29H2,2H3,(H2,46,47,50)/t30-,33?,34?,35?,41+,42+,43+,45?/m1/s1. The van der Waals surface area contributed by atoms with Crippen LogP contribution in [0.25, 0.3) is 11.1 Å². The van der Waals surface area contributed by atoms with Gasteiger partial charge in [0.2, 0.25) is 0 Å². The van der Waals surface area contributed by atoms with E-state index in [0.29, 0.717) is 12.6 Å². The summed E-state index contributed by atoms with van der Waals surface area (Å²) < 4.78 is 13.6. The summed E-state index contributed by atoms with van der Waals surface area (Å²) >= 11 is 0. The zero-order chi connectivity index (χ0) is 35.7. The minimum atomic E-state index is -0.505. The molecule has 4 bridgehead atoms. The third-order valence-electron chi connectivity index (χ3n) is 13.1. The maximum absolute atomic E-state index is 13.1. The van der Waals surface area contributed by atoms with E-state index in [-0.39, 0.29) is 36.3 Å². The normalized spacial score (nSPS) is 31.2. The van der Waals surface area contributed by atoms with Crippen LogP contribution >= 0.6 is 0 Å². The highest BCUT2D eigenvalue weighted by Gasteiger charge is 2.51. The number of ether oxygens (including phenoxy) is 2. The molecule has 1 heterocycles. The van der Waals surface area contributed by atoms with Crippen molar-refractivity contribution in [1.82, 2.24) is 15.5 Å². The van der Waals surface area contributed by atoms with Crippen molar-refractivity contribution in [3.8, 4) is 11.1 Å². The number of hydrogen-bond acceptors (Lipinski definition) is 5. The first kappa shape index (κ1) is 35.5. The average Bonchev–Trinajstić information content (AvgIpc) is 3.69. The van der Waals surface area contributed by atoms with Gasteiger partial charge in [-0.1, -0.05) is 92.6 Å². The Bertz CT molecular complexity index is 1650. The molecule has 2 amide bonds. The van der Waals surface area contributed by atoms with Crippen LogP contribution in [0.15, 0.2) is 85.5 Å². The molecule has 5 aliphatic carbocycles. The third-order valence-corrected chi connectivity index (χ3v) is 13.1. The highest BCUT2D eigenvalue weighted by Crippen LogP contribution is 2.55. The van der Waals surface area contributed by atoms with Gasteiger partial charge in [0.1, 0.15) is 0 Å². The van der Waals surface area contributed by atoms with E-state index in [4.69, 9.17) is 9.47 Å². The van der Waals surface area contributed by atoms with Gasteiger partial charge in [-0.05, 0) is 103 Å². The lowest BCUT2D eigenvalue weighted by molar-refractivity contribution is -0.276. The topological polar surface area (TPSA) is 83.1 Å². The number of rotatable bonds is 12. The highest BCUT2D eigenvalue weighted by molar-refractivity contribution is 5.75. The van der Waals surface area contributed by atoms with Crippen LogP contribution in [-0.2, 0) is 22.6 Å². The van der Waals surface area contributed by atoms with Gasteiger partial charge in [-0.15, -0.1) is 6.58 Å². The van der Waals surface area contributed by atoms with E-state index in [1.165, 1.54) is 44.9 Å². The number of aliphatic hydroxyl groups excluding tert-OH is 1. The van der Waals surface area contributed by atoms with E-state index in [1.807, 2.05) is 18.2 Å². The smallest absolute Gasteiger partial charge is 0.315 e. The largest absolute Gasteiger partial charge is 0.392 e. The van der Waals surface area contributed by atoms with Gasteiger partial charge in [0.25, 0.3) is 0 Å². The predicted molar refractivity (Wildman–Crippen MR) is 205 cm³/mol. The number of hydrogen-bond donors (Lipinski definition) is 3. The molecule has 1 aliphatic heterocycles. The number of nitrogens with one attached hydrogen (secondary N) is 2. The molecule has 0 spiro atoms. The fourth-order valence-electron chi connectivity index (χ4n) is 10.8. The van der Waals surface area contributed by atoms with Gasteiger partial charge in [0, 0.05) is 42.7 Å². The lowest BCUT2D eigenvalue weighted by Crippen LogP contribution is -2.61. The van der Waals surface area contributed by atoms with Crippen molar-refractivity contribution in [2.45, 2.75) is 114 Å². The first-order valence-corrected chi connectivity index (χ1v) is 20.0. The average molecular weight is 704 g/mol. The Labute approximate surface area is 310 Å². The Morgan fingerprint density at radius 3 is 2.21 bits per heavy atom. The molecule has 5 saturated carbocycles. The SMILES string of the molecule is C=CCN(C[C@@H]1O[C@H](c2ccc(-c3cccc(CNC(=O)NC45CC6CC(CC(C6)C4)C5)c3)cc2)O[C@H](c2ccc(CO)cc2)[C@@H]1C)C1CCCC1. The number of aliphatic hydroxyl groups is 1. The van der Waals surface area contributed by atoms with Crippen molar-refractivity contribution in [2.24, 2.45) is 23.7 Å². The Hall–Kier alpha value is -3.49. The van der Waals surface area contributed by atoms with E-state index in [9.17, 15) is 9.90 Å². The zero-order valence-corrected chi connectivity index (χ0v) is 30.9. The van der Waals surface area contributed by atoms with Crippen LogP contribution in [-0.4, -0.2) is 46.8 Å². The number of urea groups is 1. The Balaban J connectivity index is 0.947. The molecule has 3 N–H and O–H groups in total. The maximum atomic E-state index is 13.1. The maximum Gasteiger partial charge on any atom is 0.315 e. The highest BCUT2D eigenvalue weighted by atomic mass is 16.7. The van der Waals surface area contributed by atoms with Crippen molar-refractivity contribution in [3.63, 3.8) is 0 Å². The van der Waals surface area contributed by atoms with E-state index >= 15 is 0 Å². The summed E-state index contributed by atoms with van der Waals surface area (Å²) in [7, 11) is 0. The van der Waals surface area contributed by atoms with Crippen LogP contribution < -0.4 is 10.6 Å². The van der Waals surface area contributed by atoms with Crippen LogP contribution in [0.3, 0.4) is 0 Å². The van der Waals surface area contributed by atoms with Crippen LogP contribution in [0.1, 0.15) is 106 Å². The third kappa shape index (κ3) is 7.75. The summed E-state index contributed by atoms with van der Waals surface area (Å²) in [5.74, 6) is 2.54. The van der Waals surface area contributed by atoms with Gasteiger partial charge >= 0.3 is 6.03 Å². The minimum absolute atomic E-state index is 0.0116. The van der Waals surface area contributed by atoms with Gasteiger partial charge < -0.3 is 25.2 Å². The second-order valence-corrected chi connectivity index (χ2v) is 16.8. The van der Waals surface area contributed by atoms with Crippen molar-refractivity contribution in [1.29, 1.82) is 0 Å². The van der Waals surface area contributed by atoms with Gasteiger partial charge in [0.15, 0.2) is 6.29 Å². The number of amides is 2. The number of benzene rings is 3. The van der Waals surface area contributed by atoms with Crippen LogP contribution in [0.5, 0.6) is 0 Å². The Kier molecular flexibility index (Phi) is 10.6. The Morgan fingerprint density at radius 2 is 1.56 bits per heavy atom. The fraction of sp³-hybridized carbons (Fsp3) is 0.533. The van der Waals surface area contributed by atoms with Crippen molar-refractivity contribution in [2.75, 3.05) is 13.1 Å². The first-order valence-electron chi connectivity index (χ1n) is 20.0. The summed E-state index contributed by atoms with van der Waals surface area (Å²) in [6.45, 7) is 8.52. The molecular formula is C45H57N3O4. The monoisotopic (exact) mass is 703 g/mol. The molecular weight excluding hydrogens is 647 g/mol. The van der Waals surface area contributed by atoms with Gasteiger partial charge in [-0.2, -0.15) is 0 Å². The minimum Gasteiger partial charge on any atom is -0.392 e. The molecule has 276 valence electrons. The summed E-state index contributed by atoms with van der Waals surface area (Å²) in [6, 6.07) is 25.7. The van der Waals surface area contributed by atoms with Crippen molar-refractivity contribution >= 4 is 6.03 Å². The number of nitrogens with zero attached hydrogens (tertiary/aromatic N) is 1. The van der Waals surface area contributed by atoms with Crippen LogP contribution in [0.2, 0.25) is 0 Å². The van der Waals surface area contributed by atoms with Crippen molar-refractivity contribution < 1.29 is 19.4 Å². The molecule has 52 heavy (non-hydrogen) atoms. The molecule has 6 fully saturated rings. The number of carbonyl (C=O) groups excluding carboxylic acids is 1. The predicted octanol–water partition coefficient (Wildman–Crippen LogP) is 8.84. The molecule has 9 rings (SSSR count). The second-order valence-electron chi connectivity index (χ2n) is 16.8. The molecule has 3 aromatic rings. The molecule has 4 atom stereocenters. The van der Waals surface area contributed by atoms with Crippen molar-refractivity contribution in [3.05, 3.63) is 108 Å². The number of carbonyl (C=O) groups is 1. The summed E-state index contributed by atoms with van der Waals surface area (Å²) in [5.41, 5.74) is 6.31. The quantitative estimate of drug-likeness (QED) is 0.164. The fourth-order valence-corrected chi connectivity index (χ4v) is 10.8. The Morgan fingerprint density at radius 1 is 0.885 bits per heavy atom. The lowest BCUT2D eigenvalue weighted by Gasteiger charge is -2.56. The first-order chi connectivity index (χ1) is 25.4. The zero-order valence-electron chi connectivity index (χ0n) is 30.9. The molecule has 7 nitrogen and oxygen atoms in total. The lowest BCUT2D eigenvalue weighted by atomic mass is 9.53. The van der Waals surface area contributed by atoms with Gasteiger partial charge in [0.05, 0.1) is 18.8 Å². The molecule has 7 heteroatoms. The van der Waals surface area contributed by atoms with Crippen LogP contribution in [0.4, 0.5) is 4.79 Å². The second kappa shape index (κ2) is 15.5. The molecule has 3 aromatic carbocycles. The molecule has 0 unspecified atom stereocenters. The summed E-state index contributed by atoms with van der Waals surface area (Å²) in [6.07, 6.45) is 13.9. The molecule has 0 radical (unpaired) electrons. The molecule has 1 saturated heterocycles. The molecule has 6 aliphatic rings. The van der Waals surface area contributed by atoms with E-state index in [2.05, 4.69) is 89.7 Å². The van der Waals surface area contributed by atoms with Gasteiger partial charge in [-0.25, -0.2) is 4.79 Å².